The topological polar surface area (TPSA) is 89.5 Å². The van der Waals surface area contributed by atoms with Gasteiger partial charge in [0.15, 0.2) is 0 Å². The van der Waals surface area contributed by atoms with Crippen LogP contribution in [0.4, 0.5) is 5.69 Å². The van der Waals surface area contributed by atoms with E-state index in [1.165, 1.54) is 42.5 Å². The van der Waals surface area contributed by atoms with Crippen molar-refractivity contribution in [1.82, 2.24) is 0 Å². The van der Waals surface area contributed by atoms with Gasteiger partial charge >= 0.3 is 5.97 Å². The highest BCUT2D eigenvalue weighted by Gasteiger charge is 2.22. The predicted octanol–water partition coefficient (Wildman–Crippen LogP) is 4.66. The Morgan fingerprint density at radius 2 is 1.79 bits per heavy atom. The number of carbonyl (C=O) groups is 2. The van der Waals surface area contributed by atoms with Crippen LogP contribution in [-0.4, -0.2) is 26.9 Å². The van der Waals surface area contributed by atoms with Crippen molar-refractivity contribution < 1.29 is 22.7 Å². The zero-order chi connectivity index (χ0) is 21.0. The lowest BCUT2D eigenvalue weighted by Crippen LogP contribution is -2.11. The van der Waals surface area contributed by atoms with E-state index in [2.05, 4.69) is 5.32 Å². The van der Waals surface area contributed by atoms with E-state index >= 15 is 0 Å². The van der Waals surface area contributed by atoms with Crippen molar-refractivity contribution in [1.29, 1.82) is 0 Å². The molecule has 0 bridgehead atoms. The van der Waals surface area contributed by atoms with E-state index in [1.807, 2.05) is 0 Å². The van der Waals surface area contributed by atoms with Gasteiger partial charge < -0.3 is 10.1 Å². The number of carbonyl (C=O) groups excluding carboxylic acids is 2. The van der Waals surface area contributed by atoms with Gasteiger partial charge in [-0.25, -0.2) is 13.2 Å². The first-order valence-corrected chi connectivity index (χ1v) is 11.2. The number of hydrogen-bond donors (Lipinski definition) is 1. The Labute approximate surface area is 177 Å². The molecule has 1 amide bonds. The van der Waals surface area contributed by atoms with Crippen molar-refractivity contribution in [3.05, 3.63) is 76.1 Å². The van der Waals surface area contributed by atoms with Gasteiger partial charge in [0.2, 0.25) is 9.84 Å². The molecule has 6 nitrogen and oxygen atoms in total. The summed E-state index contributed by atoms with van der Waals surface area (Å²) in [6.45, 7) is 1.95. The zero-order valence-corrected chi connectivity index (χ0v) is 17.6. The van der Waals surface area contributed by atoms with Crippen LogP contribution in [0.2, 0.25) is 5.02 Å². The number of nitrogens with one attached hydrogen (secondary N) is 1. The van der Waals surface area contributed by atoms with Crippen LogP contribution < -0.4 is 5.32 Å². The Morgan fingerprint density at radius 1 is 1.07 bits per heavy atom. The second kappa shape index (κ2) is 8.77. The number of thiophene rings is 1. The largest absolute Gasteiger partial charge is 0.462 e. The van der Waals surface area contributed by atoms with E-state index in [0.29, 0.717) is 16.3 Å². The first kappa shape index (κ1) is 21.0. The number of esters is 1. The molecule has 9 heteroatoms. The van der Waals surface area contributed by atoms with Crippen LogP contribution in [0.3, 0.4) is 0 Å². The molecule has 0 aliphatic carbocycles. The molecule has 0 atom stereocenters. The third kappa shape index (κ3) is 4.84. The molecule has 150 valence electrons. The molecule has 0 aliphatic heterocycles. The van der Waals surface area contributed by atoms with Crippen molar-refractivity contribution >= 4 is 50.3 Å². The summed E-state index contributed by atoms with van der Waals surface area (Å²) in [5, 5.41) is 3.09. The minimum absolute atomic E-state index is 0.0465. The maximum absolute atomic E-state index is 12.7. The molecule has 29 heavy (non-hydrogen) atoms. The number of sulfone groups is 1. The molecule has 1 aromatic heterocycles. The lowest BCUT2D eigenvalue weighted by atomic mass is 10.2. The fraction of sp³-hybridized carbons (Fsp3) is 0.100. The van der Waals surface area contributed by atoms with Crippen molar-refractivity contribution in [2.75, 3.05) is 11.9 Å². The van der Waals surface area contributed by atoms with Crippen LogP contribution in [0.5, 0.6) is 0 Å². The van der Waals surface area contributed by atoms with E-state index in [0.717, 1.165) is 11.3 Å². The average Bonchev–Trinajstić information content (AvgIpc) is 3.20. The van der Waals surface area contributed by atoms with Gasteiger partial charge in [0.1, 0.15) is 4.21 Å². The van der Waals surface area contributed by atoms with Crippen LogP contribution in [0, 0.1) is 0 Å². The van der Waals surface area contributed by atoms with Crippen LogP contribution in [0.15, 0.2) is 69.8 Å². The van der Waals surface area contributed by atoms with E-state index < -0.39 is 21.7 Å². The maximum atomic E-state index is 12.7. The third-order valence-electron chi connectivity index (χ3n) is 3.83. The number of anilines is 1. The quantitative estimate of drug-likeness (QED) is 0.552. The predicted molar refractivity (Wildman–Crippen MR) is 112 cm³/mol. The highest BCUT2D eigenvalue weighted by molar-refractivity contribution is 7.93. The molecular weight excluding hydrogens is 434 g/mol. The van der Waals surface area contributed by atoms with Crippen molar-refractivity contribution in [2.24, 2.45) is 0 Å². The monoisotopic (exact) mass is 449 g/mol. The Bertz CT molecular complexity index is 1150. The Morgan fingerprint density at radius 3 is 2.48 bits per heavy atom. The number of ether oxygens (including phenoxy) is 1. The van der Waals surface area contributed by atoms with Crippen LogP contribution in [0.25, 0.3) is 0 Å². The molecule has 0 saturated heterocycles. The fourth-order valence-corrected chi connectivity index (χ4v) is 5.18. The molecule has 3 rings (SSSR count). The molecule has 0 unspecified atom stereocenters. The van der Waals surface area contributed by atoms with Crippen LogP contribution in [0.1, 0.15) is 27.0 Å². The molecule has 1 N–H and O–H groups in total. The number of benzene rings is 2. The molecule has 1 heterocycles. The van der Waals surface area contributed by atoms with E-state index in [1.54, 1.807) is 25.1 Å². The van der Waals surface area contributed by atoms with Gasteiger partial charge in [0, 0.05) is 10.7 Å². The lowest BCUT2D eigenvalue weighted by molar-refractivity contribution is 0.0526. The SMILES string of the molecule is CCOC(=O)c1cccc(NC(=O)c2ccc(S(=O)(=O)c3ccc(Cl)cc3)s2)c1. The van der Waals surface area contributed by atoms with Gasteiger partial charge in [-0.15, -0.1) is 11.3 Å². The summed E-state index contributed by atoms with van der Waals surface area (Å²) in [7, 11) is -3.75. The molecule has 0 radical (unpaired) electrons. The summed E-state index contributed by atoms with van der Waals surface area (Å²) in [6, 6.07) is 15.0. The minimum Gasteiger partial charge on any atom is -0.462 e. The third-order valence-corrected chi connectivity index (χ3v) is 7.42. The van der Waals surface area contributed by atoms with Crippen molar-refractivity contribution in [3.63, 3.8) is 0 Å². The summed E-state index contributed by atoms with van der Waals surface area (Å²) in [5.74, 6) is -0.968. The zero-order valence-electron chi connectivity index (χ0n) is 15.2. The van der Waals surface area contributed by atoms with Crippen LogP contribution in [-0.2, 0) is 14.6 Å². The van der Waals surface area contributed by atoms with Crippen LogP contribution >= 0.6 is 22.9 Å². The Hall–Kier alpha value is -2.68. The standard InChI is InChI=1S/C20H16ClNO5S2/c1-2-27-20(24)13-4-3-5-15(12-13)22-19(23)17-10-11-18(28-17)29(25,26)16-8-6-14(21)7-9-16/h3-12H,2H2,1H3,(H,22,23). The number of amides is 1. The molecular formula is C20H16ClNO5S2. The van der Waals surface area contributed by atoms with Gasteiger partial charge in [0.05, 0.1) is 21.9 Å². The summed E-state index contributed by atoms with van der Waals surface area (Å²) in [6.07, 6.45) is 0. The number of hydrogen-bond acceptors (Lipinski definition) is 6. The second-order valence-electron chi connectivity index (χ2n) is 5.83. The molecule has 3 aromatic rings. The van der Waals surface area contributed by atoms with Gasteiger partial charge in [-0.3, -0.25) is 4.79 Å². The van der Waals surface area contributed by atoms with Gasteiger partial charge in [-0.05, 0) is 61.5 Å². The Balaban J connectivity index is 1.79. The fourth-order valence-electron chi connectivity index (χ4n) is 2.45. The van der Waals surface area contributed by atoms with Gasteiger partial charge in [0.25, 0.3) is 5.91 Å². The highest BCUT2D eigenvalue weighted by Crippen LogP contribution is 2.29. The number of rotatable bonds is 6. The molecule has 2 aromatic carbocycles. The molecule has 0 aliphatic rings. The summed E-state index contributed by atoms with van der Waals surface area (Å²) < 4.78 is 30.4. The Kier molecular flexibility index (Phi) is 6.36. The smallest absolute Gasteiger partial charge is 0.338 e. The average molecular weight is 450 g/mol. The highest BCUT2D eigenvalue weighted by atomic mass is 35.5. The first-order valence-electron chi connectivity index (χ1n) is 8.50. The van der Waals surface area contributed by atoms with E-state index in [9.17, 15) is 18.0 Å². The van der Waals surface area contributed by atoms with Gasteiger partial charge in [-0.1, -0.05) is 17.7 Å². The summed E-state index contributed by atoms with van der Waals surface area (Å²) in [4.78, 5) is 24.6. The van der Waals surface area contributed by atoms with E-state index in [4.69, 9.17) is 16.3 Å². The van der Waals surface area contributed by atoms with Gasteiger partial charge in [-0.2, -0.15) is 0 Å². The van der Waals surface area contributed by atoms with Crippen molar-refractivity contribution in [2.45, 2.75) is 16.0 Å². The lowest BCUT2D eigenvalue weighted by Gasteiger charge is -2.06. The van der Waals surface area contributed by atoms with E-state index in [-0.39, 0.29) is 20.6 Å². The number of halogens is 1. The summed E-state index contributed by atoms with van der Waals surface area (Å²) in [5.41, 5.74) is 0.706. The van der Waals surface area contributed by atoms with Crippen molar-refractivity contribution in [3.8, 4) is 0 Å². The molecule has 0 fully saturated rings. The maximum Gasteiger partial charge on any atom is 0.338 e. The minimum atomic E-state index is -3.75. The summed E-state index contributed by atoms with van der Waals surface area (Å²) >= 11 is 6.66. The normalized spacial score (nSPS) is 11.1. The molecule has 0 spiro atoms. The molecule has 0 saturated carbocycles. The second-order valence-corrected chi connectivity index (χ2v) is 9.53. The first-order chi connectivity index (χ1) is 13.8.